The van der Waals surface area contributed by atoms with E-state index >= 15 is 0 Å². The van der Waals surface area contributed by atoms with Crippen LogP contribution in [0.3, 0.4) is 0 Å². The first-order chi connectivity index (χ1) is 14.2. The van der Waals surface area contributed by atoms with Crippen molar-refractivity contribution in [3.8, 4) is 0 Å². The van der Waals surface area contributed by atoms with Gasteiger partial charge in [-0.1, -0.05) is 0 Å². The zero-order valence-corrected chi connectivity index (χ0v) is 16.5. The van der Waals surface area contributed by atoms with Crippen LogP contribution >= 0.6 is 0 Å². The van der Waals surface area contributed by atoms with E-state index in [1.807, 2.05) is 6.07 Å². The third-order valence-corrected chi connectivity index (χ3v) is 4.86. The smallest absolute Gasteiger partial charge is 0.325 e. The van der Waals surface area contributed by atoms with Crippen molar-refractivity contribution >= 4 is 29.4 Å². The largest absolute Gasteiger partial charge is 0.397 e. The molecule has 1 heterocycles. The molecule has 1 saturated carbocycles. The number of pyridine rings is 1. The summed E-state index contributed by atoms with van der Waals surface area (Å²) in [6, 6.07) is 2.88. The maximum absolute atomic E-state index is 13.6. The Balaban J connectivity index is 1.81. The SMILES string of the molecule is C/C(NC(=O)N(C)c1cncc(C2CC2)c1)=C(/C=O)N(N)c1cc(F)c(F)cc1N. The maximum atomic E-state index is 13.6. The molecule has 2 aromatic rings. The minimum absolute atomic E-state index is 0.0970. The highest BCUT2D eigenvalue weighted by Crippen LogP contribution is 2.40. The number of allylic oxidation sites excluding steroid dienone is 2. The molecule has 8 nitrogen and oxygen atoms in total. The Labute approximate surface area is 172 Å². The average Bonchev–Trinajstić information content (AvgIpc) is 3.56. The second kappa shape index (κ2) is 8.46. The molecule has 1 aliphatic rings. The van der Waals surface area contributed by atoms with E-state index in [0.29, 0.717) is 17.9 Å². The van der Waals surface area contributed by atoms with Gasteiger partial charge in [-0.25, -0.2) is 19.4 Å². The zero-order valence-electron chi connectivity index (χ0n) is 16.5. The molecule has 3 rings (SSSR count). The standard InChI is InChI=1S/C20H22F2N6O2/c1-11(19(10-29)28(24)18-7-16(22)15(21)6-17(18)23)26-20(30)27(2)14-5-13(8-25-9-14)12-3-4-12/h5-10,12H,3-4,23-24H2,1-2H3,(H,26,30)/b19-11+. The second-order valence-corrected chi connectivity index (χ2v) is 7.06. The highest BCUT2D eigenvalue weighted by atomic mass is 19.2. The van der Waals surface area contributed by atoms with Crippen LogP contribution in [-0.4, -0.2) is 24.3 Å². The number of amides is 2. The van der Waals surface area contributed by atoms with Crippen LogP contribution in [0.15, 0.2) is 42.0 Å². The van der Waals surface area contributed by atoms with E-state index in [1.54, 1.807) is 19.4 Å². The van der Waals surface area contributed by atoms with Crippen molar-refractivity contribution in [2.45, 2.75) is 25.7 Å². The summed E-state index contributed by atoms with van der Waals surface area (Å²) in [4.78, 5) is 29.8. The van der Waals surface area contributed by atoms with Gasteiger partial charge in [-0.2, -0.15) is 0 Å². The summed E-state index contributed by atoms with van der Waals surface area (Å²) in [5.41, 5.74) is 6.96. The van der Waals surface area contributed by atoms with Crippen LogP contribution < -0.4 is 26.8 Å². The second-order valence-electron chi connectivity index (χ2n) is 7.06. The average molecular weight is 416 g/mol. The van der Waals surface area contributed by atoms with E-state index in [9.17, 15) is 18.4 Å². The summed E-state index contributed by atoms with van der Waals surface area (Å²) < 4.78 is 26.9. The molecule has 1 aromatic carbocycles. The zero-order chi connectivity index (χ0) is 22.0. The summed E-state index contributed by atoms with van der Waals surface area (Å²) in [6.45, 7) is 1.45. The fourth-order valence-corrected chi connectivity index (χ4v) is 2.91. The molecule has 1 fully saturated rings. The molecule has 10 heteroatoms. The minimum atomic E-state index is -1.18. The molecule has 30 heavy (non-hydrogen) atoms. The number of nitrogen functional groups attached to an aromatic ring is 1. The van der Waals surface area contributed by atoms with Gasteiger partial charge in [0.15, 0.2) is 17.9 Å². The van der Waals surface area contributed by atoms with Gasteiger partial charge in [0, 0.05) is 31.1 Å². The van der Waals surface area contributed by atoms with Gasteiger partial charge in [0.2, 0.25) is 0 Å². The molecular formula is C20H22F2N6O2. The van der Waals surface area contributed by atoms with Crippen LogP contribution in [-0.2, 0) is 4.79 Å². The Morgan fingerprint density at radius 3 is 2.53 bits per heavy atom. The number of halogens is 2. The molecule has 0 unspecified atom stereocenters. The van der Waals surface area contributed by atoms with E-state index in [1.165, 1.54) is 11.8 Å². The Morgan fingerprint density at radius 2 is 1.90 bits per heavy atom. The minimum Gasteiger partial charge on any atom is -0.397 e. The number of nitrogens with one attached hydrogen (secondary N) is 1. The number of benzene rings is 1. The molecule has 0 bridgehead atoms. The first-order valence-corrected chi connectivity index (χ1v) is 9.18. The molecule has 0 aliphatic heterocycles. The van der Waals surface area contributed by atoms with Crippen molar-refractivity contribution in [3.05, 3.63) is 59.2 Å². The molecule has 0 atom stereocenters. The Hall–Kier alpha value is -3.53. The predicted octanol–water partition coefficient (Wildman–Crippen LogP) is 2.78. The number of carbonyl (C=O) groups is 2. The number of nitrogens with zero attached hydrogens (tertiary/aromatic N) is 3. The molecule has 5 N–H and O–H groups in total. The number of hydrogen-bond acceptors (Lipinski definition) is 6. The number of rotatable bonds is 6. The van der Waals surface area contributed by atoms with Gasteiger partial charge in [0.05, 0.1) is 23.3 Å². The summed E-state index contributed by atoms with van der Waals surface area (Å²) >= 11 is 0. The number of carbonyl (C=O) groups excluding carboxylic acids is 2. The summed E-state index contributed by atoms with van der Waals surface area (Å²) in [7, 11) is 1.56. The molecule has 2 amide bonds. The Morgan fingerprint density at radius 1 is 1.23 bits per heavy atom. The van der Waals surface area contributed by atoms with Crippen LogP contribution in [0.25, 0.3) is 0 Å². The number of hydrazine groups is 1. The number of nitrogens with two attached hydrogens (primary N) is 2. The number of anilines is 3. The topological polar surface area (TPSA) is 118 Å². The van der Waals surface area contributed by atoms with Gasteiger partial charge in [0.1, 0.15) is 5.70 Å². The van der Waals surface area contributed by atoms with Crippen molar-refractivity contribution in [3.63, 3.8) is 0 Å². The quantitative estimate of drug-likeness (QED) is 0.219. The van der Waals surface area contributed by atoms with Gasteiger partial charge < -0.3 is 11.1 Å². The van der Waals surface area contributed by atoms with Crippen molar-refractivity contribution < 1.29 is 18.4 Å². The third kappa shape index (κ3) is 4.38. The van der Waals surface area contributed by atoms with Crippen LogP contribution in [0.5, 0.6) is 0 Å². The lowest BCUT2D eigenvalue weighted by Gasteiger charge is -2.24. The highest BCUT2D eigenvalue weighted by Gasteiger charge is 2.25. The lowest BCUT2D eigenvalue weighted by molar-refractivity contribution is -0.105. The van der Waals surface area contributed by atoms with E-state index in [0.717, 1.165) is 35.5 Å². The summed E-state index contributed by atoms with van der Waals surface area (Å²) in [6.07, 6.45) is 5.92. The van der Waals surface area contributed by atoms with Crippen LogP contribution in [0.2, 0.25) is 0 Å². The number of aldehydes is 1. The summed E-state index contributed by atoms with van der Waals surface area (Å²) in [5.74, 6) is 4.05. The van der Waals surface area contributed by atoms with Gasteiger partial charge in [-0.15, -0.1) is 0 Å². The van der Waals surface area contributed by atoms with Crippen LogP contribution in [0, 0.1) is 11.6 Å². The van der Waals surface area contributed by atoms with Crippen LogP contribution in [0.4, 0.5) is 30.6 Å². The van der Waals surface area contributed by atoms with Gasteiger partial charge in [-0.3, -0.25) is 19.7 Å². The number of hydrogen-bond donors (Lipinski definition) is 3. The number of urea groups is 1. The Kier molecular flexibility index (Phi) is 5.97. The van der Waals surface area contributed by atoms with Crippen molar-refractivity contribution in [2.24, 2.45) is 5.84 Å². The first-order valence-electron chi connectivity index (χ1n) is 9.18. The first kappa shape index (κ1) is 21.2. The van der Waals surface area contributed by atoms with Gasteiger partial charge in [-0.05, 0) is 37.3 Å². The molecular weight excluding hydrogens is 394 g/mol. The molecule has 0 spiro atoms. The van der Waals surface area contributed by atoms with E-state index in [2.05, 4.69) is 10.3 Å². The monoisotopic (exact) mass is 416 g/mol. The predicted molar refractivity (Wildman–Crippen MR) is 109 cm³/mol. The fourth-order valence-electron chi connectivity index (χ4n) is 2.91. The van der Waals surface area contributed by atoms with Crippen molar-refractivity contribution in [1.29, 1.82) is 0 Å². The third-order valence-electron chi connectivity index (χ3n) is 4.86. The van der Waals surface area contributed by atoms with E-state index in [4.69, 9.17) is 11.6 Å². The van der Waals surface area contributed by atoms with Crippen molar-refractivity contribution in [1.82, 2.24) is 10.3 Å². The van der Waals surface area contributed by atoms with E-state index in [-0.39, 0.29) is 22.8 Å². The lowest BCUT2D eigenvalue weighted by atomic mass is 10.2. The molecule has 1 aliphatic carbocycles. The number of aromatic nitrogens is 1. The maximum Gasteiger partial charge on any atom is 0.325 e. The van der Waals surface area contributed by atoms with E-state index < -0.39 is 17.7 Å². The normalized spacial score (nSPS) is 14.0. The lowest BCUT2D eigenvalue weighted by Crippen LogP contribution is -2.40. The molecule has 0 saturated heterocycles. The van der Waals surface area contributed by atoms with Gasteiger partial charge >= 0.3 is 6.03 Å². The molecule has 1 aromatic heterocycles. The van der Waals surface area contributed by atoms with Crippen molar-refractivity contribution in [2.75, 3.05) is 22.7 Å². The molecule has 0 radical (unpaired) electrons. The fraction of sp³-hybridized carbons (Fsp3) is 0.250. The van der Waals surface area contributed by atoms with Gasteiger partial charge in [0.25, 0.3) is 0 Å². The summed E-state index contributed by atoms with van der Waals surface area (Å²) in [5, 5.41) is 3.35. The molecule has 158 valence electrons. The highest BCUT2D eigenvalue weighted by molar-refractivity contribution is 5.93. The Bertz CT molecular complexity index is 1020. The van der Waals surface area contributed by atoms with Crippen LogP contribution in [0.1, 0.15) is 31.2 Å².